The van der Waals surface area contributed by atoms with Gasteiger partial charge in [0.1, 0.15) is 0 Å². The minimum absolute atomic E-state index is 0.250. The molecule has 0 amide bonds. The third kappa shape index (κ3) is 1.92. The van der Waals surface area contributed by atoms with E-state index in [2.05, 4.69) is 21.0 Å². The molecule has 1 saturated heterocycles. The second-order valence-corrected chi connectivity index (χ2v) is 6.60. The standard InChI is InChI=1S/C15H18N2O2S/c18-14(10-1-4-19-5-2-10)7-12-15-11(3-6-20-15)13-8-16-9-17(12)13/h3,6,8-10,12,14,18H,1-2,4-5,7H2/t12?,14-/m0/s1. The lowest BCUT2D eigenvalue weighted by atomic mass is 9.89. The second-order valence-electron chi connectivity index (χ2n) is 5.65. The molecule has 1 N–H and O–H groups in total. The monoisotopic (exact) mass is 290 g/mol. The van der Waals surface area contributed by atoms with Gasteiger partial charge in [0.15, 0.2) is 0 Å². The Hall–Kier alpha value is -1.17. The Balaban J connectivity index is 1.57. The van der Waals surface area contributed by atoms with Crippen LogP contribution in [0.2, 0.25) is 0 Å². The Morgan fingerprint density at radius 2 is 2.30 bits per heavy atom. The molecule has 4 rings (SSSR count). The van der Waals surface area contributed by atoms with Crippen molar-refractivity contribution in [2.24, 2.45) is 5.92 Å². The Kier molecular flexibility index (Phi) is 3.13. The van der Waals surface area contributed by atoms with Gasteiger partial charge in [0.2, 0.25) is 0 Å². The van der Waals surface area contributed by atoms with Crippen molar-refractivity contribution in [3.63, 3.8) is 0 Å². The number of thiophene rings is 1. The third-order valence-corrected chi connectivity index (χ3v) is 5.57. The molecule has 4 nitrogen and oxygen atoms in total. The van der Waals surface area contributed by atoms with Crippen molar-refractivity contribution in [2.45, 2.75) is 31.4 Å². The van der Waals surface area contributed by atoms with Gasteiger partial charge in [0, 0.05) is 23.7 Å². The van der Waals surface area contributed by atoms with E-state index < -0.39 is 0 Å². The van der Waals surface area contributed by atoms with Crippen molar-refractivity contribution in [2.75, 3.05) is 13.2 Å². The number of rotatable bonds is 3. The van der Waals surface area contributed by atoms with Gasteiger partial charge in [-0.05, 0) is 36.6 Å². The SMILES string of the molecule is O[C@@H](CC1c2sccc2-c2cncn21)C1CCOCC1. The first-order valence-electron chi connectivity index (χ1n) is 7.20. The molecule has 0 saturated carbocycles. The zero-order valence-corrected chi connectivity index (χ0v) is 12.1. The van der Waals surface area contributed by atoms with Gasteiger partial charge in [-0.1, -0.05) is 0 Å². The van der Waals surface area contributed by atoms with Gasteiger partial charge in [-0.2, -0.15) is 0 Å². The highest BCUT2D eigenvalue weighted by Crippen LogP contribution is 2.45. The molecule has 2 aromatic heterocycles. The molecule has 20 heavy (non-hydrogen) atoms. The molecule has 2 aromatic rings. The molecule has 0 aromatic carbocycles. The van der Waals surface area contributed by atoms with Crippen LogP contribution in [0.15, 0.2) is 24.0 Å². The van der Waals surface area contributed by atoms with Crippen LogP contribution in [0.5, 0.6) is 0 Å². The maximum atomic E-state index is 10.6. The molecule has 5 heteroatoms. The maximum Gasteiger partial charge on any atom is 0.0957 e. The predicted octanol–water partition coefficient (Wildman–Crippen LogP) is 2.69. The van der Waals surface area contributed by atoms with E-state index in [4.69, 9.17) is 4.74 Å². The first kappa shape index (κ1) is 12.6. The van der Waals surface area contributed by atoms with E-state index in [0.717, 1.165) is 32.5 Å². The average molecular weight is 290 g/mol. The first-order chi connectivity index (χ1) is 9.84. The van der Waals surface area contributed by atoms with Crippen LogP contribution in [0.25, 0.3) is 11.3 Å². The molecule has 2 aliphatic rings. The fourth-order valence-electron chi connectivity index (χ4n) is 3.42. The van der Waals surface area contributed by atoms with Crippen molar-refractivity contribution in [1.82, 2.24) is 9.55 Å². The number of hydrogen-bond donors (Lipinski definition) is 1. The van der Waals surface area contributed by atoms with Gasteiger partial charge in [-0.3, -0.25) is 0 Å². The molecule has 106 valence electrons. The van der Waals surface area contributed by atoms with Crippen LogP contribution in [-0.2, 0) is 4.74 Å². The largest absolute Gasteiger partial charge is 0.393 e. The lowest BCUT2D eigenvalue weighted by Gasteiger charge is -2.28. The molecule has 0 aliphatic carbocycles. The van der Waals surface area contributed by atoms with Crippen LogP contribution < -0.4 is 0 Å². The highest BCUT2D eigenvalue weighted by Gasteiger charge is 2.33. The van der Waals surface area contributed by atoms with Crippen LogP contribution in [0.3, 0.4) is 0 Å². The maximum absolute atomic E-state index is 10.6. The van der Waals surface area contributed by atoms with E-state index in [1.54, 1.807) is 11.3 Å². The molecule has 0 spiro atoms. The summed E-state index contributed by atoms with van der Waals surface area (Å²) in [6.45, 7) is 1.57. The van der Waals surface area contributed by atoms with Crippen molar-refractivity contribution < 1.29 is 9.84 Å². The van der Waals surface area contributed by atoms with Gasteiger partial charge in [0.25, 0.3) is 0 Å². The summed E-state index contributed by atoms with van der Waals surface area (Å²) in [6.07, 6.45) is 6.29. The molecule has 0 radical (unpaired) electrons. The van der Waals surface area contributed by atoms with Crippen LogP contribution in [0.1, 0.15) is 30.2 Å². The van der Waals surface area contributed by atoms with Crippen molar-refractivity contribution in [1.29, 1.82) is 0 Å². The van der Waals surface area contributed by atoms with Crippen molar-refractivity contribution in [3.8, 4) is 11.3 Å². The number of ether oxygens (including phenoxy) is 1. The summed E-state index contributed by atoms with van der Waals surface area (Å²) in [6, 6.07) is 2.41. The molecule has 2 atom stereocenters. The molecule has 2 aliphatic heterocycles. The van der Waals surface area contributed by atoms with Crippen molar-refractivity contribution in [3.05, 3.63) is 28.8 Å². The van der Waals surface area contributed by atoms with Crippen LogP contribution >= 0.6 is 11.3 Å². The van der Waals surface area contributed by atoms with Gasteiger partial charge < -0.3 is 14.4 Å². The number of fused-ring (bicyclic) bond motifs is 3. The Bertz CT molecular complexity index is 560. The van der Waals surface area contributed by atoms with Gasteiger partial charge in [-0.15, -0.1) is 11.3 Å². The van der Waals surface area contributed by atoms with Crippen LogP contribution in [0.4, 0.5) is 0 Å². The van der Waals surface area contributed by atoms with Crippen molar-refractivity contribution >= 4 is 11.3 Å². The average Bonchev–Trinajstić information content (AvgIpc) is 3.16. The molecule has 0 bridgehead atoms. The van der Waals surface area contributed by atoms with E-state index in [9.17, 15) is 5.11 Å². The molecular weight excluding hydrogens is 272 g/mol. The fourth-order valence-corrected chi connectivity index (χ4v) is 4.44. The summed E-state index contributed by atoms with van der Waals surface area (Å²) in [7, 11) is 0. The first-order valence-corrected chi connectivity index (χ1v) is 8.08. The normalized spacial score (nSPS) is 23.6. The topological polar surface area (TPSA) is 47.3 Å². The number of aliphatic hydroxyl groups excluding tert-OH is 1. The minimum Gasteiger partial charge on any atom is -0.393 e. The lowest BCUT2D eigenvalue weighted by molar-refractivity contribution is 0.00163. The van der Waals surface area contributed by atoms with E-state index in [1.807, 2.05) is 12.5 Å². The Morgan fingerprint density at radius 1 is 1.45 bits per heavy atom. The van der Waals surface area contributed by atoms with E-state index in [-0.39, 0.29) is 12.1 Å². The zero-order valence-electron chi connectivity index (χ0n) is 11.2. The minimum atomic E-state index is -0.257. The fraction of sp³-hybridized carbons (Fsp3) is 0.533. The summed E-state index contributed by atoms with van der Waals surface area (Å²) in [5, 5.41) is 12.7. The highest BCUT2D eigenvalue weighted by molar-refractivity contribution is 7.10. The molecular formula is C15H18N2O2S. The molecule has 4 heterocycles. The Labute approximate surface area is 122 Å². The van der Waals surface area contributed by atoms with Crippen LogP contribution in [-0.4, -0.2) is 34.0 Å². The lowest BCUT2D eigenvalue weighted by Crippen LogP contribution is -2.29. The third-order valence-electron chi connectivity index (χ3n) is 4.55. The summed E-state index contributed by atoms with van der Waals surface area (Å²) < 4.78 is 7.60. The van der Waals surface area contributed by atoms with Gasteiger partial charge >= 0.3 is 0 Å². The number of nitrogens with zero attached hydrogens (tertiary/aromatic N) is 2. The quantitative estimate of drug-likeness (QED) is 0.945. The van der Waals surface area contributed by atoms with E-state index >= 15 is 0 Å². The zero-order chi connectivity index (χ0) is 13.5. The van der Waals surface area contributed by atoms with E-state index in [0.29, 0.717) is 5.92 Å². The van der Waals surface area contributed by atoms with Gasteiger partial charge in [0.05, 0.1) is 30.4 Å². The summed E-state index contributed by atoms with van der Waals surface area (Å²) in [4.78, 5) is 5.63. The summed E-state index contributed by atoms with van der Waals surface area (Å²) in [5.41, 5.74) is 2.47. The number of aliphatic hydroxyl groups is 1. The molecule has 1 unspecified atom stereocenters. The van der Waals surface area contributed by atoms with Gasteiger partial charge in [-0.25, -0.2) is 4.98 Å². The second kappa shape index (κ2) is 4.98. The number of imidazole rings is 1. The summed E-state index contributed by atoms with van der Waals surface area (Å²) in [5.74, 6) is 0.375. The smallest absolute Gasteiger partial charge is 0.0957 e. The van der Waals surface area contributed by atoms with E-state index in [1.165, 1.54) is 16.1 Å². The Morgan fingerprint density at radius 3 is 3.15 bits per heavy atom. The number of aromatic nitrogens is 2. The summed E-state index contributed by atoms with van der Waals surface area (Å²) >= 11 is 1.79. The molecule has 1 fully saturated rings. The highest BCUT2D eigenvalue weighted by atomic mass is 32.1. The number of hydrogen-bond acceptors (Lipinski definition) is 4. The predicted molar refractivity (Wildman–Crippen MR) is 77.8 cm³/mol. The van der Waals surface area contributed by atoms with Crippen LogP contribution in [0, 0.1) is 5.92 Å².